The summed E-state index contributed by atoms with van der Waals surface area (Å²) in [7, 11) is 0. The number of fused-ring (bicyclic) bond motifs is 1. The topological polar surface area (TPSA) is 72.4 Å². The van der Waals surface area contributed by atoms with Gasteiger partial charge in [0, 0.05) is 31.0 Å². The molecule has 1 aromatic carbocycles. The number of rotatable bonds is 4. The van der Waals surface area contributed by atoms with Gasteiger partial charge in [-0.15, -0.1) is 0 Å². The summed E-state index contributed by atoms with van der Waals surface area (Å²) < 4.78 is 11.1. The van der Waals surface area contributed by atoms with Crippen molar-refractivity contribution in [2.75, 3.05) is 13.1 Å². The fourth-order valence-corrected chi connectivity index (χ4v) is 3.69. The van der Waals surface area contributed by atoms with E-state index in [1.165, 1.54) is 0 Å². The van der Waals surface area contributed by atoms with Gasteiger partial charge in [-0.05, 0) is 45.2 Å². The van der Waals surface area contributed by atoms with E-state index in [9.17, 15) is 4.79 Å². The lowest BCUT2D eigenvalue weighted by Gasteiger charge is -2.30. The van der Waals surface area contributed by atoms with E-state index in [1.54, 1.807) is 0 Å². The molecular formula is C20H23N3O3. The average Bonchev–Trinajstić information content (AvgIpc) is 3.23. The number of carbonyl (C=O) groups excluding carboxylic acids is 1. The van der Waals surface area contributed by atoms with Gasteiger partial charge in [0.15, 0.2) is 11.5 Å². The summed E-state index contributed by atoms with van der Waals surface area (Å²) in [5.74, 6) is 2.09. The van der Waals surface area contributed by atoms with Gasteiger partial charge in [-0.2, -0.15) is 0 Å². The van der Waals surface area contributed by atoms with Crippen LogP contribution in [-0.4, -0.2) is 34.0 Å². The molecule has 0 unspecified atom stereocenters. The molecule has 0 aliphatic carbocycles. The second kappa shape index (κ2) is 6.94. The third-order valence-corrected chi connectivity index (χ3v) is 5.28. The molecular weight excluding hydrogens is 330 g/mol. The normalized spacial score (nSPS) is 15.7. The van der Waals surface area contributed by atoms with Crippen LogP contribution in [0.25, 0.3) is 11.1 Å². The fraction of sp³-hybridized carbons (Fsp3) is 0.450. The molecule has 0 bridgehead atoms. The largest absolute Gasteiger partial charge is 0.440 e. The van der Waals surface area contributed by atoms with E-state index in [4.69, 9.17) is 8.94 Å². The van der Waals surface area contributed by atoms with Gasteiger partial charge < -0.3 is 13.8 Å². The highest BCUT2D eigenvalue weighted by atomic mass is 16.5. The maximum Gasteiger partial charge on any atom is 0.222 e. The minimum absolute atomic E-state index is 0.195. The molecule has 6 heteroatoms. The fourth-order valence-electron chi connectivity index (χ4n) is 3.69. The van der Waals surface area contributed by atoms with Crippen molar-refractivity contribution in [1.82, 2.24) is 15.0 Å². The van der Waals surface area contributed by atoms with Gasteiger partial charge in [-0.25, -0.2) is 4.98 Å². The number of hydrogen-bond donors (Lipinski definition) is 0. The molecule has 1 fully saturated rings. The van der Waals surface area contributed by atoms with Crippen LogP contribution in [0.2, 0.25) is 0 Å². The van der Waals surface area contributed by atoms with E-state index in [1.807, 2.05) is 43.0 Å². The van der Waals surface area contributed by atoms with Gasteiger partial charge in [0.2, 0.25) is 5.91 Å². The highest BCUT2D eigenvalue weighted by Gasteiger charge is 2.27. The molecule has 1 saturated heterocycles. The Kier molecular flexibility index (Phi) is 4.49. The van der Waals surface area contributed by atoms with Crippen LogP contribution in [0.15, 0.2) is 33.2 Å². The van der Waals surface area contributed by atoms with Crippen LogP contribution in [-0.2, 0) is 11.2 Å². The average molecular weight is 353 g/mol. The van der Waals surface area contributed by atoms with Crippen LogP contribution in [0.3, 0.4) is 0 Å². The van der Waals surface area contributed by atoms with Gasteiger partial charge in [0.1, 0.15) is 11.3 Å². The van der Waals surface area contributed by atoms with Crippen molar-refractivity contribution in [2.24, 2.45) is 0 Å². The molecule has 1 amide bonds. The highest BCUT2D eigenvalue weighted by Crippen LogP contribution is 2.30. The lowest BCUT2D eigenvalue weighted by atomic mass is 9.96. The van der Waals surface area contributed by atoms with E-state index in [2.05, 4.69) is 10.1 Å². The van der Waals surface area contributed by atoms with Crippen LogP contribution in [0, 0.1) is 13.8 Å². The van der Waals surface area contributed by atoms with Gasteiger partial charge >= 0.3 is 0 Å². The Balaban J connectivity index is 1.33. The number of oxazole rings is 1. The molecule has 2 aromatic heterocycles. The first-order valence-corrected chi connectivity index (χ1v) is 9.17. The van der Waals surface area contributed by atoms with Gasteiger partial charge in [0.05, 0.1) is 5.69 Å². The number of carbonyl (C=O) groups is 1. The number of nitrogens with zero attached hydrogens (tertiary/aromatic N) is 3. The first kappa shape index (κ1) is 16.8. The van der Waals surface area contributed by atoms with Crippen molar-refractivity contribution < 1.29 is 13.7 Å². The molecule has 0 radical (unpaired) electrons. The van der Waals surface area contributed by atoms with Crippen molar-refractivity contribution in [3.8, 4) is 0 Å². The number of aromatic nitrogens is 2. The van der Waals surface area contributed by atoms with Crippen LogP contribution in [0.1, 0.15) is 48.1 Å². The first-order valence-electron chi connectivity index (χ1n) is 9.17. The van der Waals surface area contributed by atoms with E-state index in [-0.39, 0.29) is 11.8 Å². The Morgan fingerprint density at radius 2 is 2.00 bits per heavy atom. The van der Waals surface area contributed by atoms with Crippen LogP contribution in [0.5, 0.6) is 0 Å². The Bertz CT molecular complexity index is 867. The molecule has 26 heavy (non-hydrogen) atoms. The van der Waals surface area contributed by atoms with Gasteiger partial charge in [-0.1, -0.05) is 17.3 Å². The molecule has 0 spiro atoms. The minimum atomic E-state index is 0.195. The summed E-state index contributed by atoms with van der Waals surface area (Å²) in [5, 5.41) is 3.95. The lowest BCUT2D eigenvalue weighted by Crippen LogP contribution is -2.38. The number of hydrogen-bond acceptors (Lipinski definition) is 5. The predicted molar refractivity (Wildman–Crippen MR) is 96.9 cm³/mol. The molecule has 0 saturated carbocycles. The summed E-state index contributed by atoms with van der Waals surface area (Å²) in [6.45, 7) is 5.32. The third kappa shape index (κ3) is 3.23. The predicted octanol–water partition coefficient (Wildman–Crippen LogP) is 3.77. The number of para-hydroxylation sites is 2. The number of benzene rings is 1. The van der Waals surface area contributed by atoms with E-state index in [0.717, 1.165) is 59.9 Å². The number of likely N-dealkylation sites (tertiary alicyclic amines) is 1. The van der Waals surface area contributed by atoms with E-state index in [0.29, 0.717) is 12.8 Å². The summed E-state index contributed by atoms with van der Waals surface area (Å²) in [4.78, 5) is 19.1. The summed E-state index contributed by atoms with van der Waals surface area (Å²) in [6.07, 6.45) is 2.97. The molecule has 0 atom stereocenters. The third-order valence-electron chi connectivity index (χ3n) is 5.28. The molecule has 136 valence electrons. The zero-order valence-electron chi connectivity index (χ0n) is 15.2. The van der Waals surface area contributed by atoms with Crippen molar-refractivity contribution >= 4 is 17.0 Å². The smallest absolute Gasteiger partial charge is 0.222 e. The molecule has 3 aromatic rings. The number of amides is 1. The van der Waals surface area contributed by atoms with E-state index < -0.39 is 0 Å². The van der Waals surface area contributed by atoms with Crippen LogP contribution in [0.4, 0.5) is 0 Å². The van der Waals surface area contributed by atoms with Crippen molar-refractivity contribution in [3.05, 3.63) is 47.2 Å². The van der Waals surface area contributed by atoms with Crippen molar-refractivity contribution in [3.63, 3.8) is 0 Å². The molecule has 0 N–H and O–H groups in total. The van der Waals surface area contributed by atoms with Gasteiger partial charge in [-0.3, -0.25) is 4.79 Å². The Morgan fingerprint density at radius 1 is 1.23 bits per heavy atom. The van der Waals surface area contributed by atoms with Gasteiger partial charge in [0.25, 0.3) is 0 Å². The molecule has 4 rings (SSSR count). The van der Waals surface area contributed by atoms with Crippen molar-refractivity contribution in [1.29, 1.82) is 0 Å². The molecule has 3 heterocycles. The SMILES string of the molecule is Cc1noc(C)c1CCC(=O)N1CCC(c2nc3ccccc3o2)CC1. The van der Waals surface area contributed by atoms with Crippen LogP contribution >= 0.6 is 0 Å². The second-order valence-electron chi connectivity index (χ2n) is 6.98. The standard InChI is InChI=1S/C20H23N3O3/c1-13-16(14(2)26-22-13)7-8-19(24)23-11-9-15(10-12-23)20-21-17-5-3-4-6-18(17)25-20/h3-6,15H,7-12H2,1-2H3. The van der Waals surface area contributed by atoms with Crippen molar-refractivity contribution in [2.45, 2.75) is 45.4 Å². The summed E-state index contributed by atoms with van der Waals surface area (Å²) in [5.41, 5.74) is 3.67. The maximum atomic E-state index is 12.5. The summed E-state index contributed by atoms with van der Waals surface area (Å²) in [6, 6.07) is 7.83. The lowest BCUT2D eigenvalue weighted by molar-refractivity contribution is -0.132. The maximum absolute atomic E-state index is 12.5. The highest BCUT2D eigenvalue weighted by molar-refractivity contribution is 5.76. The zero-order chi connectivity index (χ0) is 18.1. The number of aryl methyl sites for hydroxylation is 2. The Labute approximate surface area is 152 Å². The monoisotopic (exact) mass is 353 g/mol. The second-order valence-corrected chi connectivity index (χ2v) is 6.98. The summed E-state index contributed by atoms with van der Waals surface area (Å²) >= 11 is 0. The minimum Gasteiger partial charge on any atom is -0.440 e. The quantitative estimate of drug-likeness (QED) is 0.714. The molecule has 1 aliphatic rings. The Hall–Kier alpha value is -2.63. The van der Waals surface area contributed by atoms with Crippen LogP contribution < -0.4 is 0 Å². The number of piperidine rings is 1. The zero-order valence-corrected chi connectivity index (χ0v) is 15.2. The molecule has 1 aliphatic heterocycles. The Morgan fingerprint density at radius 3 is 2.69 bits per heavy atom. The first-order chi connectivity index (χ1) is 12.6. The molecule has 6 nitrogen and oxygen atoms in total. The van der Waals surface area contributed by atoms with E-state index >= 15 is 0 Å².